The quantitative estimate of drug-likeness (QED) is 0.631. The SMILES string of the molecule is COc1ccc(N2CCCc3ccccc32)cc1C12CC3CC(CC(C3)C1)C2. The molecule has 2 aromatic rings. The zero-order valence-electron chi connectivity index (χ0n) is 17.0. The van der Waals surface area contributed by atoms with Gasteiger partial charge in [-0.1, -0.05) is 18.2 Å². The molecule has 0 radical (unpaired) electrons. The van der Waals surface area contributed by atoms with Crippen molar-refractivity contribution in [2.75, 3.05) is 18.6 Å². The highest BCUT2D eigenvalue weighted by molar-refractivity contribution is 5.69. The topological polar surface area (TPSA) is 12.5 Å². The summed E-state index contributed by atoms with van der Waals surface area (Å²) >= 11 is 0. The van der Waals surface area contributed by atoms with Gasteiger partial charge in [-0.2, -0.15) is 0 Å². The van der Waals surface area contributed by atoms with Gasteiger partial charge in [0.2, 0.25) is 0 Å². The van der Waals surface area contributed by atoms with E-state index in [1.54, 1.807) is 0 Å². The Morgan fingerprint density at radius 1 is 0.929 bits per heavy atom. The zero-order valence-corrected chi connectivity index (χ0v) is 17.0. The van der Waals surface area contributed by atoms with Gasteiger partial charge in [0.1, 0.15) is 5.75 Å². The first-order valence-corrected chi connectivity index (χ1v) is 11.3. The number of aryl methyl sites for hydroxylation is 1. The lowest BCUT2D eigenvalue weighted by Gasteiger charge is -2.57. The Kier molecular flexibility index (Phi) is 3.79. The Balaban J connectivity index is 1.44. The molecule has 2 heteroatoms. The molecule has 0 atom stereocenters. The fraction of sp³-hybridized carbons (Fsp3) is 0.538. The van der Waals surface area contributed by atoms with Gasteiger partial charge in [0, 0.05) is 23.5 Å². The maximum Gasteiger partial charge on any atom is 0.122 e. The van der Waals surface area contributed by atoms with E-state index in [1.807, 2.05) is 7.11 Å². The van der Waals surface area contributed by atoms with Crippen molar-refractivity contribution in [3.63, 3.8) is 0 Å². The molecule has 1 heterocycles. The molecule has 7 rings (SSSR count). The molecule has 2 nitrogen and oxygen atoms in total. The third kappa shape index (κ3) is 2.53. The van der Waals surface area contributed by atoms with Crippen molar-refractivity contribution >= 4 is 11.4 Å². The van der Waals surface area contributed by atoms with Crippen LogP contribution in [0.4, 0.5) is 11.4 Å². The lowest BCUT2D eigenvalue weighted by Crippen LogP contribution is -2.48. The highest BCUT2D eigenvalue weighted by Crippen LogP contribution is 2.62. The first-order valence-electron chi connectivity index (χ1n) is 11.3. The summed E-state index contributed by atoms with van der Waals surface area (Å²) in [5, 5.41) is 0. The molecular formula is C26H31NO. The Labute approximate surface area is 168 Å². The Hall–Kier alpha value is -1.96. The lowest BCUT2D eigenvalue weighted by atomic mass is 9.48. The predicted molar refractivity (Wildman–Crippen MR) is 115 cm³/mol. The number of anilines is 2. The van der Waals surface area contributed by atoms with Crippen LogP contribution < -0.4 is 9.64 Å². The summed E-state index contributed by atoms with van der Waals surface area (Å²) in [6.45, 7) is 1.11. The van der Waals surface area contributed by atoms with Crippen molar-refractivity contribution in [1.29, 1.82) is 0 Å². The van der Waals surface area contributed by atoms with Crippen LogP contribution in [-0.2, 0) is 11.8 Å². The van der Waals surface area contributed by atoms with Gasteiger partial charge in [0.15, 0.2) is 0 Å². The van der Waals surface area contributed by atoms with Gasteiger partial charge in [0.05, 0.1) is 7.11 Å². The van der Waals surface area contributed by atoms with Crippen molar-refractivity contribution in [2.24, 2.45) is 17.8 Å². The minimum Gasteiger partial charge on any atom is -0.496 e. The number of para-hydroxylation sites is 1. The molecule has 0 unspecified atom stereocenters. The molecule has 0 amide bonds. The molecule has 0 saturated heterocycles. The van der Waals surface area contributed by atoms with E-state index in [1.165, 1.54) is 73.9 Å². The molecule has 0 N–H and O–H groups in total. The van der Waals surface area contributed by atoms with Crippen molar-refractivity contribution < 1.29 is 4.74 Å². The normalized spacial score (nSPS) is 33.0. The van der Waals surface area contributed by atoms with E-state index in [4.69, 9.17) is 4.74 Å². The number of hydrogen-bond acceptors (Lipinski definition) is 2. The fourth-order valence-corrected chi connectivity index (χ4v) is 7.52. The van der Waals surface area contributed by atoms with Crippen LogP contribution >= 0.6 is 0 Å². The van der Waals surface area contributed by atoms with E-state index in [0.29, 0.717) is 5.41 Å². The molecular weight excluding hydrogens is 342 g/mol. The number of benzene rings is 2. The largest absolute Gasteiger partial charge is 0.496 e. The number of rotatable bonds is 3. The van der Waals surface area contributed by atoms with Gasteiger partial charge in [-0.25, -0.2) is 0 Å². The van der Waals surface area contributed by atoms with Gasteiger partial charge in [0.25, 0.3) is 0 Å². The van der Waals surface area contributed by atoms with E-state index < -0.39 is 0 Å². The lowest BCUT2D eigenvalue weighted by molar-refractivity contribution is -0.00613. The average molecular weight is 374 g/mol. The maximum absolute atomic E-state index is 5.93. The molecule has 146 valence electrons. The summed E-state index contributed by atoms with van der Waals surface area (Å²) in [4.78, 5) is 2.54. The minimum atomic E-state index is 0.366. The van der Waals surface area contributed by atoms with Crippen LogP contribution in [0.5, 0.6) is 5.75 Å². The smallest absolute Gasteiger partial charge is 0.122 e. The number of nitrogens with zero attached hydrogens (tertiary/aromatic N) is 1. The number of fused-ring (bicyclic) bond motifs is 1. The fourth-order valence-electron chi connectivity index (χ4n) is 7.52. The standard InChI is InChI=1S/C26H31NO/c1-28-25-9-8-22(27-10-4-6-21-5-2-3-7-24(21)27)14-23(25)26-15-18-11-19(16-26)13-20(12-18)17-26/h2-3,5,7-9,14,18-20H,4,6,10-13,15-17H2,1H3. The van der Waals surface area contributed by atoms with Gasteiger partial charge < -0.3 is 9.64 Å². The second-order valence-electron chi connectivity index (χ2n) is 9.97. The molecule has 4 aliphatic carbocycles. The molecule has 5 aliphatic rings. The first kappa shape index (κ1) is 16.9. The average Bonchev–Trinajstić information content (AvgIpc) is 2.72. The summed E-state index contributed by atoms with van der Waals surface area (Å²) in [5.74, 6) is 3.98. The predicted octanol–water partition coefficient (Wildman–Crippen LogP) is 6.25. The molecule has 0 aromatic heterocycles. The summed E-state index contributed by atoms with van der Waals surface area (Å²) in [7, 11) is 1.86. The van der Waals surface area contributed by atoms with E-state index in [0.717, 1.165) is 30.0 Å². The summed E-state index contributed by atoms with van der Waals surface area (Å²) in [6, 6.07) is 16.0. The van der Waals surface area contributed by atoms with Crippen molar-refractivity contribution in [2.45, 2.75) is 56.8 Å². The molecule has 1 aliphatic heterocycles. The van der Waals surface area contributed by atoms with Gasteiger partial charge in [-0.15, -0.1) is 0 Å². The molecule has 2 aromatic carbocycles. The Bertz CT molecular complexity index is 866. The molecule has 4 bridgehead atoms. The number of ether oxygens (including phenoxy) is 1. The van der Waals surface area contributed by atoms with Crippen LogP contribution in [0, 0.1) is 17.8 Å². The van der Waals surface area contributed by atoms with Crippen molar-refractivity contribution in [3.05, 3.63) is 53.6 Å². The number of methoxy groups -OCH3 is 1. The Morgan fingerprint density at radius 2 is 1.64 bits per heavy atom. The van der Waals surface area contributed by atoms with E-state index in [2.05, 4.69) is 47.4 Å². The molecule has 4 saturated carbocycles. The minimum absolute atomic E-state index is 0.366. The molecule has 28 heavy (non-hydrogen) atoms. The van der Waals surface area contributed by atoms with Crippen LogP contribution in [0.15, 0.2) is 42.5 Å². The van der Waals surface area contributed by atoms with Crippen LogP contribution in [0.2, 0.25) is 0 Å². The van der Waals surface area contributed by atoms with Crippen LogP contribution in [0.25, 0.3) is 0 Å². The molecule has 0 spiro atoms. The van der Waals surface area contributed by atoms with Gasteiger partial charge in [-0.05, 0) is 104 Å². The van der Waals surface area contributed by atoms with Gasteiger partial charge >= 0.3 is 0 Å². The molecule has 4 fully saturated rings. The van der Waals surface area contributed by atoms with E-state index in [9.17, 15) is 0 Å². The first-order chi connectivity index (χ1) is 13.7. The second-order valence-corrected chi connectivity index (χ2v) is 9.97. The third-order valence-corrected chi connectivity index (χ3v) is 8.21. The van der Waals surface area contributed by atoms with E-state index in [-0.39, 0.29) is 0 Å². The number of hydrogen-bond donors (Lipinski definition) is 0. The van der Waals surface area contributed by atoms with Crippen LogP contribution in [-0.4, -0.2) is 13.7 Å². The van der Waals surface area contributed by atoms with Crippen LogP contribution in [0.3, 0.4) is 0 Å². The second kappa shape index (κ2) is 6.27. The highest BCUT2D eigenvalue weighted by atomic mass is 16.5. The summed E-state index contributed by atoms with van der Waals surface area (Å²) < 4.78 is 5.93. The summed E-state index contributed by atoms with van der Waals surface area (Å²) in [6.07, 6.45) is 11.0. The Morgan fingerprint density at radius 3 is 2.36 bits per heavy atom. The van der Waals surface area contributed by atoms with E-state index >= 15 is 0 Å². The van der Waals surface area contributed by atoms with Crippen LogP contribution in [0.1, 0.15) is 56.1 Å². The van der Waals surface area contributed by atoms with Crippen molar-refractivity contribution in [3.8, 4) is 5.75 Å². The third-order valence-electron chi connectivity index (χ3n) is 8.21. The zero-order chi connectivity index (χ0) is 18.7. The summed E-state index contributed by atoms with van der Waals surface area (Å²) in [5.41, 5.74) is 6.12. The van der Waals surface area contributed by atoms with Crippen molar-refractivity contribution in [1.82, 2.24) is 0 Å². The monoisotopic (exact) mass is 373 g/mol. The van der Waals surface area contributed by atoms with Gasteiger partial charge in [-0.3, -0.25) is 0 Å². The highest BCUT2D eigenvalue weighted by Gasteiger charge is 2.52. The maximum atomic E-state index is 5.93.